The van der Waals surface area contributed by atoms with Crippen molar-refractivity contribution in [2.24, 2.45) is 0 Å². The van der Waals surface area contributed by atoms with Crippen molar-refractivity contribution in [3.63, 3.8) is 0 Å². The molecule has 0 saturated carbocycles. The van der Waals surface area contributed by atoms with Crippen LogP contribution < -0.4 is 5.32 Å². The Balaban J connectivity index is 1.67. The van der Waals surface area contributed by atoms with E-state index in [4.69, 9.17) is 27.9 Å². The second-order valence-electron chi connectivity index (χ2n) is 6.72. The van der Waals surface area contributed by atoms with Gasteiger partial charge in [0.15, 0.2) is 6.61 Å². The molecule has 1 heterocycles. The minimum Gasteiger partial charge on any atom is -0.452 e. The Bertz CT molecular complexity index is 1050. The first kappa shape index (κ1) is 21.8. The van der Waals surface area contributed by atoms with Gasteiger partial charge < -0.3 is 10.1 Å². The topological polar surface area (TPSA) is 92.8 Å². The Labute approximate surface area is 182 Å². The fraction of sp³-hybridized carbons (Fsp3) is 0.238. The molecule has 2 aromatic rings. The van der Waals surface area contributed by atoms with Crippen molar-refractivity contribution in [2.45, 2.75) is 26.3 Å². The molecule has 7 nitrogen and oxygen atoms in total. The van der Waals surface area contributed by atoms with E-state index in [1.54, 1.807) is 25.1 Å². The maximum Gasteiger partial charge on any atom is 0.338 e. The van der Waals surface area contributed by atoms with Crippen LogP contribution in [-0.4, -0.2) is 41.2 Å². The van der Waals surface area contributed by atoms with E-state index in [0.29, 0.717) is 6.42 Å². The van der Waals surface area contributed by atoms with Crippen molar-refractivity contribution in [1.82, 2.24) is 4.90 Å². The molecular formula is C21H18Cl2N2O5. The van der Waals surface area contributed by atoms with Crippen molar-refractivity contribution in [3.8, 4) is 0 Å². The highest BCUT2D eigenvalue weighted by Gasteiger charge is 2.38. The number of imide groups is 1. The first-order valence-electron chi connectivity index (χ1n) is 9.17. The second kappa shape index (κ2) is 8.85. The molecule has 30 heavy (non-hydrogen) atoms. The maximum atomic E-state index is 12.6. The Hall–Kier alpha value is -2.90. The van der Waals surface area contributed by atoms with Crippen LogP contribution in [0.2, 0.25) is 10.0 Å². The van der Waals surface area contributed by atoms with Gasteiger partial charge in [0.1, 0.15) is 0 Å². The zero-order valence-electron chi connectivity index (χ0n) is 16.2. The van der Waals surface area contributed by atoms with Gasteiger partial charge in [-0.2, -0.15) is 0 Å². The molecule has 0 radical (unpaired) electrons. The van der Waals surface area contributed by atoms with E-state index in [0.717, 1.165) is 0 Å². The lowest BCUT2D eigenvalue weighted by Gasteiger charge is -2.20. The zero-order chi connectivity index (χ0) is 22.0. The molecular weight excluding hydrogens is 431 g/mol. The summed E-state index contributed by atoms with van der Waals surface area (Å²) in [6.07, 6.45) is 0.617. The van der Waals surface area contributed by atoms with E-state index in [-0.39, 0.29) is 44.4 Å². The third-order valence-electron chi connectivity index (χ3n) is 4.75. The number of halogens is 2. The summed E-state index contributed by atoms with van der Waals surface area (Å²) in [4.78, 5) is 50.6. The van der Waals surface area contributed by atoms with Crippen molar-refractivity contribution in [1.29, 1.82) is 0 Å². The molecule has 1 N–H and O–H groups in total. The summed E-state index contributed by atoms with van der Waals surface area (Å²) in [7, 11) is 0. The average molecular weight is 449 g/mol. The van der Waals surface area contributed by atoms with Crippen LogP contribution in [-0.2, 0) is 9.53 Å². The minimum atomic E-state index is -0.799. The number of nitrogens with zero attached hydrogens (tertiary/aromatic N) is 1. The molecule has 1 aliphatic heterocycles. The van der Waals surface area contributed by atoms with E-state index >= 15 is 0 Å². The molecule has 0 spiro atoms. The Kier molecular flexibility index (Phi) is 6.43. The monoisotopic (exact) mass is 448 g/mol. The smallest absolute Gasteiger partial charge is 0.338 e. The van der Waals surface area contributed by atoms with Gasteiger partial charge in [-0.05, 0) is 43.7 Å². The number of esters is 1. The second-order valence-corrected chi connectivity index (χ2v) is 7.51. The Morgan fingerprint density at radius 2 is 1.80 bits per heavy atom. The molecule has 0 bridgehead atoms. The van der Waals surface area contributed by atoms with E-state index in [1.165, 1.54) is 23.1 Å². The van der Waals surface area contributed by atoms with Crippen LogP contribution in [0.25, 0.3) is 0 Å². The number of nitrogens with one attached hydrogen (secondary N) is 1. The van der Waals surface area contributed by atoms with Gasteiger partial charge in [-0.15, -0.1) is 0 Å². The number of fused-ring (bicyclic) bond motifs is 1. The highest BCUT2D eigenvalue weighted by Crippen LogP contribution is 2.29. The fourth-order valence-corrected chi connectivity index (χ4v) is 3.32. The van der Waals surface area contributed by atoms with Crippen molar-refractivity contribution in [3.05, 3.63) is 63.1 Å². The lowest BCUT2D eigenvalue weighted by atomic mass is 10.1. The maximum absolute atomic E-state index is 12.6. The van der Waals surface area contributed by atoms with Gasteiger partial charge in [0.05, 0.1) is 32.4 Å². The van der Waals surface area contributed by atoms with Crippen LogP contribution in [0.1, 0.15) is 51.3 Å². The number of hydrogen-bond acceptors (Lipinski definition) is 5. The first-order valence-corrected chi connectivity index (χ1v) is 9.93. The van der Waals surface area contributed by atoms with Crippen LogP contribution in [0, 0.1) is 0 Å². The summed E-state index contributed by atoms with van der Waals surface area (Å²) >= 11 is 11.9. The minimum absolute atomic E-state index is 0.0643. The van der Waals surface area contributed by atoms with Crippen molar-refractivity contribution < 1.29 is 23.9 Å². The summed E-state index contributed by atoms with van der Waals surface area (Å²) in [5.41, 5.74) is 0.738. The molecule has 9 heteroatoms. The van der Waals surface area contributed by atoms with Crippen molar-refractivity contribution in [2.75, 3.05) is 11.9 Å². The number of carbonyl (C=O) groups is 4. The van der Waals surface area contributed by atoms with Crippen LogP contribution in [0.5, 0.6) is 0 Å². The van der Waals surface area contributed by atoms with Gasteiger partial charge in [0, 0.05) is 6.04 Å². The van der Waals surface area contributed by atoms with Crippen LogP contribution in [0.3, 0.4) is 0 Å². The zero-order valence-corrected chi connectivity index (χ0v) is 17.7. The number of ether oxygens (including phenoxy) is 1. The lowest BCUT2D eigenvalue weighted by Crippen LogP contribution is -2.37. The molecule has 156 valence electrons. The van der Waals surface area contributed by atoms with E-state index in [9.17, 15) is 19.2 Å². The van der Waals surface area contributed by atoms with Gasteiger partial charge in [-0.25, -0.2) is 4.79 Å². The molecule has 0 saturated heterocycles. The molecule has 1 aliphatic rings. The van der Waals surface area contributed by atoms with Gasteiger partial charge in [0.2, 0.25) is 0 Å². The van der Waals surface area contributed by atoms with Gasteiger partial charge >= 0.3 is 5.97 Å². The summed E-state index contributed by atoms with van der Waals surface area (Å²) in [5, 5.41) is 2.95. The lowest BCUT2D eigenvalue weighted by molar-refractivity contribution is -0.119. The predicted octanol–water partition coefficient (Wildman–Crippen LogP) is 4.18. The van der Waals surface area contributed by atoms with Gasteiger partial charge in [-0.1, -0.05) is 36.2 Å². The molecule has 0 fully saturated rings. The third-order valence-corrected chi connectivity index (χ3v) is 5.56. The molecule has 1 atom stereocenters. The van der Waals surface area contributed by atoms with Crippen LogP contribution >= 0.6 is 23.2 Å². The average Bonchev–Trinajstić information content (AvgIpc) is 2.99. The quantitative estimate of drug-likeness (QED) is 0.528. The Morgan fingerprint density at radius 1 is 1.10 bits per heavy atom. The van der Waals surface area contributed by atoms with E-state index in [2.05, 4.69) is 5.32 Å². The highest BCUT2D eigenvalue weighted by molar-refractivity contribution is 6.44. The van der Waals surface area contributed by atoms with E-state index < -0.39 is 24.4 Å². The number of carbonyl (C=O) groups excluding carboxylic acids is 4. The summed E-state index contributed by atoms with van der Waals surface area (Å²) in [5.74, 6) is -2.25. The van der Waals surface area contributed by atoms with Crippen LogP contribution in [0.15, 0.2) is 36.4 Å². The molecule has 2 aromatic carbocycles. The highest BCUT2D eigenvalue weighted by atomic mass is 35.5. The summed E-state index contributed by atoms with van der Waals surface area (Å²) < 4.78 is 5.01. The first-order chi connectivity index (χ1) is 14.2. The number of amides is 3. The Morgan fingerprint density at radius 3 is 2.50 bits per heavy atom. The van der Waals surface area contributed by atoms with E-state index in [1.807, 2.05) is 6.92 Å². The number of rotatable bonds is 6. The molecule has 3 amide bonds. The summed E-state index contributed by atoms with van der Waals surface area (Å²) in [6.45, 7) is 3.09. The largest absolute Gasteiger partial charge is 0.452 e. The standard InChI is InChI=1S/C21H18Cl2N2O5/c1-3-11(2)25-19(27)13-8-7-12(9-14(13)20(25)28)21(29)30-10-17(26)24-16-6-4-5-15(22)18(16)23/h4-9,11H,3,10H2,1-2H3,(H,24,26). The molecule has 1 unspecified atom stereocenters. The number of anilines is 1. The van der Waals surface area contributed by atoms with Crippen LogP contribution in [0.4, 0.5) is 5.69 Å². The number of hydrogen-bond donors (Lipinski definition) is 1. The fourth-order valence-electron chi connectivity index (χ4n) is 2.97. The molecule has 0 aromatic heterocycles. The van der Waals surface area contributed by atoms with Gasteiger partial charge in [0.25, 0.3) is 17.7 Å². The number of benzene rings is 2. The normalized spacial score (nSPS) is 13.8. The molecule has 3 rings (SSSR count). The third kappa shape index (κ3) is 4.17. The van der Waals surface area contributed by atoms with Crippen molar-refractivity contribution >= 4 is 52.6 Å². The summed E-state index contributed by atoms with van der Waals surface area (Å²) in [6, 6.07) is 8.60. The molecule has 0 aliphatic carbocycles. The SMILES string of the molecule is CCC(C)N1C(=O)c2ccc(C(=O)OCC(=O)Nc3cccc(Cl)c3Cl)cc2C1=O. The van der Waals surface area contributed by atoms with Gasteiger partial charge in [-0.3, -0.25) is 19.3 Å². The predicted molar refractivity (Wildman–Crippen MR) is 112 cm³/mol.